The molecule has 1 aliphatic carbocycles. The minimum absolute atomic E-state index is 0.228. The van der Waals surface area contributed by atoms with Crippen molar-refractivity contribution < 1.29 is 4.79 Å². The quantitative estimate of drug-likeness (QED) is 0.410. The summed E-state index contributed by atoms with van der Waals surface area (Å²) in [5, 5.41) is 10.2. The van der Waals surface area contributed by atoms with Crippen LogP contribution >= 0.6 is 46.6 Å². The maximum atomic E-state index is 13.5. The average Bonchev–Trinajstić information content (AvgIpc) is 3.47. The lowest BCUT2D eigenvalue weighted by Crippen LogP contribution is -2.43. The van der Waals surface area contributed by atoms with Crippen molar-refractivity contribution in [1.82, 2.24) is 9.54 Å². The Morgan fingerprint density at radius 2 is 1.64 bits per heavy atom. The Morgan fingerprint density at radius 1 is 1.00 bits per heavy atom. The Balaban J connectivity index is 1.47. The van der Waals surface area contributed by atoms with Crippen LogP contribution in [0.3, 0.4) is 0 Å². The maximum Gasteiger partial charge on any atom is 0.299 e. The molecular formula is C24H24Cl4N4O. The van der Waals surface area contributed by atoms with Crippen LogP contribution in [0, 0.1) is 17.8 Å². The highest BCUT2D eigenvalue weighted by Gasteiger charge is 2.44. The molecule has 3 aliphatic rings. The van der Waals surface area contributed by atoms with Crippen LogP contribution in [0.2, 0.25) is 15.1 Å². The molecule has 0 aromatic heterocycles. The number of carbonyl (C=O) groups excluding carboxylic acids is 1. The first-order valence-electron chi connectivity index (χ1n) is 11.2. The van der Waals surface area contributed by atoms with Crippen molar-refractivity contribution in [1.29, 1.82) is 0 Å². The summed E-state index contributed by atoms with van der Waals surface area (Å²) in [5.74, 6) is 0.714. The number of anilines is 1. The van der Waals surface area contributed by atoms with Crippen molar-refractivity contribution in [3.8, 4) is 0 Å². The fourth-order valence-corrected chi connectivity index (χ4v) is 6.24. The Labute approximate surface area is 213 Å². The number of benzene rings is 2. The van der Waals surface area contributed by atoms with Gasteiger partial charge in [-0.1, -0.05) is 60.3 Å². The van der Waals surface area contributed by atoms with Crippen LogP contribution in [0.25, 0.3) is 0 Å². The number of halogens is 4. The van der Waals surface area contributed by atoms with Crippen LogP contribution < -0.4 is 5.01 Å². The van der Waals surface area contributed by atoms with Gasteiger partial charge in [0.05, 0.1) is 16.8 Å². The molecule has 5 nitrogen and oxygen atoms in total. The van der Waals surface area contributed by atoms with Crippen molar-refractivity contribution in [2.75, 3.05) is 18.1 Å². The predicted molar refractivity (Wildman–Crippen MR) is 135 cm³/mol. The molecule has 2 unspecified atom stereocenters. The Bertz CT molecular complexity index is 1080. The van der Waals surface area contributed by atoms with Crippen LogP contribution in [0.15, 0.2) is 47.6 Å². The van der Waals surface area contributed by atoms with E-state index in [1.807, 2.05) is 42.3 Å². The highest BCUT2D eigenvalue weighted by Crippen LogP contribution is 2.44. The second-order valence-corrected chi connectivity index (χ2v) is 10.7. The van der Waals surface area contributed by atoms with E-state index in [2.05, 4.69) is 0 Å². The number of nitrogens with zero attached hydrogens (tertiary/aromatic N) is 4. The lowest BCUT2D eigenvalue weighted by Gasteiger charge is -2.28. The van der Waals surface area contributed by atoms with E-state index in [9.17, 15) is 4.79 Å². The molecule has 0 N–H and O–H groups in total. The van der Waals surface area contributed by atoms with Gasteiger partial charge in [0.25, 0.3) is 5.91 Å². The van der Waals surface area contributed by atoms with Gasteiger partial charge in [-0.3, -0.25) is 9.80 Å². The van der Waals surface area contributed by atoms with E-state index in [1.54, 1.807) is 17.1 Å². The monoisotopic (exact) mass is 524 g/mol. The van der Waals surface area contributed by atoms with Crippen molar-refractivity contribution in [2.24, 2.45) is 22.9 Å². The number of amides is 1. The number of hydrogen-bond donors (Lipinski definition) is 0. The summed E-state index contributed by atoms with van der Waals surface area (Å²) in [5.41, 5.74) is 2.04. The SMILES string of the molecule is C[C@@H]1C(C(=O)N(Cl)N2CC3CCCC3C2)=NN(c2ccc(Cl)cc2Cl)[C@@H]1c1ccc(Cl)cc1. The van der Waals surface area contributed by atoms with E-state index in [-0.39, 0.29) is 17.9 Å². The van der Waals surface area contributed by atoms with Gasteiger partial charge in [-0.15, -0.1) is 0 Å². The molecule has 2 aromatic rings. The zero-order chi connectivity index (χ0) is 23.3. The first kappa shape index (κ1) is 23.3. The fraction of sp³-hybridized carbons (Fsp3) is 0.417. The molecule has 5 rings (SSSR count). The van der Waals surface area contributed by atoms with Crippen LogP contribution in [0.5, 0.6) is 0 Å². The Morgan fingerprint density at radius 3 is 2.27 bits per heavy atom. The van der Waals surface area contributed by atoms with Crippen molar-refractivity contribution in [2.45, 2.75) is 32.2 Å². The number of fused-ring (bicyclic) bond motifs is 1. The van der Waals surface area contributed by atoms with E-state index < -0.39 is 0 Å². The summed E-state index contributed by atoms with van der Waals surface area (Å²) < 4.78 is 1.25. The highest BCUT2D eigenvalue weighted by atomic mass is 35.5. The molecule has 1 saturated heterocycles. The van der Waals surface area contributed by atoms with Gasteiger partial charge in [-0.05, 0) is 60.6 Å². The fourth-order valence-electron chi connectivity index (χ4n) is 5.41. The lowest BCUT2D eigenvalue weighted by molar-refractivity contribution is -0.129. The smallest absolute Gasteiger partial charge is 0.265 e. The molecule has 0 bridgehead atoms. The summed E-state index contributed by atoms with van der Waals surface area (Å²) in [7, 11) is 0. The third-order valence-corrected chi connectivity index (χ3v) is 8.25. The minimum Gasteiger partial charge on any atom is -0.265 e. The van der Waals surface area contributed by atoms with E-state index in [1.165, 1.54) is 23.8 Å². The molecular weight excluding hydrogens is 502 g/mol. The number of rotatable bonds is 4. The molecule has 0 spiro atoms. The standard InChI is InChI=1S/C24H24Cl4N4O/c1-14-22(24(33)32(28)30-12-16-3-2-4-17(16)13-30)29-31(21-10-9-19(26)11-20(21)27)23(14)15-5-7-18(25)8-6-15/h5-11,14,16-17,23H,2-4,12-13H2,1H3/t14-,16?,17?,23+/m1/s1. The number of hydrazine groups is 1. The van der Waals surface area contributed by atoms with Gasteiger partial charge in [-0.25, -0.2) is 5.01 Å². The van der Waals surface area contributed by atoms with Gasteiger partial charge in [-0.2, -0.15) is 9.63 Å². The summed E-state index contributed by atoms with van der Waals surface area (Å²) in [6.45, 7) is 3.62. The lowest BCUT2D eigenvalue weighted by atomic mass is 9.91. The minimum atomic E-state index is -0.296. The summed E-state index contributed by atoms with van der Waals surface area (Å²) in [6.07, 6.45) is 3.68. The predicted octanol–water partition coefficient (Wildman–Crippen LogP) is 6.83. The van der Waals surface area contributed by atoms with Crippen molar-refractivity contribution in [3.05, 3.63) is 63.1 Å². The highest BCUT2D eigenvalue weighted by molar-refractivity contribution is 6.46. The third-order valence-electron chi connectivity index (χ3n) is 7.09. The first-order valence-corrected chi connectivity index (χ1v) is 12.6. The normalized spacial score (nSPS) is 27.1. The Kier molecular flexibility index (Phi) is 6.53. The zero-order valence-electron chi connectivity index (χ0n) is 18.1. The van der Waals surface area contributed by atoms with E-state index in [4.69, 9.17) is 51.7 Å². The van der Waals surface area contributed by atoms with Crippen LogP contribution in [-0.4, -0.2) is 34.2 Å². The van der Waals surface area contributed by atoms with Gasteiger partial charge in [0.2, 0.25) is 0 Å². The van der Waals surface area contributed by atoms with Gasteiger partial charge in [0, 0.05) is 40.8 Å². The second-order valence-electron chi connectivity index (χ2n) is 9.10. The third kappa shape index (κ3) is 4.35. The molecule has 4 atom stereocenters. The van der Waals surface area contributed by atoms with E-state index in [0.717, 1.165) is 18.7 Å². The van der Waals surface area contributed by atoms with Gasteiger partial charge < -0.3 is 0 Å². The second kappa shape index (κ2) is 9.27. The largest absolute Gasteiger partial charge is 0.299 e. The average molecular weight is 526 g/mol. The number of carbonyl (C=O) groups is 1. The van der Waals surface area contributed by atoms with Gasteiger partial charge in [0.1, 0.15) is 5.71 Å². The first-order chi connectivity index (χ1) is 15.8. The summed E-state index contributed by atoms with van der Waals surface area (Å²) in [6, 6.07) is 12.6. The molecule has 2 heterocycles. The van der Waals surface area contributed by atoms with E-state index >= 15 is 0 Å². The van der Waals surface area contributed by atoms with Gasteiger partial charge in [0.15, 0.2) is 0 Å². The van der Waals surface area contributed by atoms with Gasteiger partial charge >= 0.3 is 0 Å². The van der Waals surface area contributed by atoms with E-state index in [0.29, 0.717) is 38.3 Å². The molecule has 2 aromatic carbocycles. The Hall–Kier alpha value is -1.50. The molecule has 2 fully saturated rings. The number of hydrazone groups is 1. The summed E-state index contributed by atoms with van der Waals surface area (Å²) >= 11 is 25.4. The van der Waals surface area contributed by atoms with Crippen molar-refractivity contribution in [3.63, 3.8) is 0 Å². The van der Waals surface area contributed by atoms with Crippen LogP contribution in [-0.2, 0) is 4.79 Å². The topological polar surface area (TPSA) is 39.2 Å². The molecule has 0 radical (unpaired) electrons. The molecule has 174 valence electrons. The zero-order valence-corrected chi connectivity index (χ0v) is 21.1. The molecule has 33 heavy (non-hydrogen) atoms. The molecule has 2 aliphatic heterocycles. The maximum absolute atomic E-state index is 13.5. The molecule has 1 saturated carbocycles. The van der Waals surface area contributed by atoms with Crippen molar-refractivity contribution >= 4 is 63.9 Å². The van der Waals surface area contributed by atoms with Crippen LogP contribution in [0.4, 0.5) is 5.69 Å². The van der Waals surface area contributed by atoms with Crippen LogP contribution in [0.1, 0.15) is 37.8 Å². The molecule has 9 heteroatoms. The number of hydrogen-bond acceptors (Lipinski definition) is 4. The summed E-state index contributed by atoms with van der Waals surface area (Å²) in [4.78, 5) is 13.5. The molecule has 1 amide bonds.